The Hall–Kier alpha value is -1.73. The van der Waals surface area contributed by atoms with Crippen LogP contribution in [0.1, 0.15) is 0 Å². The fourth-order valence-electron chi connectivity index (χ4n) is 1.05. The molecule has 0 saturated heterocycles. The van der Waals surface area contributed by atoms with Gasteiger partial charge in [0.15, 0.2) is 11.1 Å². The largest absolute Gasteiger partial charge is 0.370 e. The summed E-state index contributed by atoms with van der Waals surface area (Å²) in [5.41, 5.74) is 10.8. The van der Waals surface area contributed by atoms with Crippen molar-refractivity contribution in [3.05, 3.63) is 29.3 Å². The van der Waals surface area contributed by atoms with Crippen molar-refractivity contribution in [2.24, 2.45) is 16.5 Å². The van der Waals surface area contributed by atoms with E-state index in [1.165, 1.54) is 0 Å². The van der Waals surface area contributed by atoms with Crippen LogP contribution in [-0.2, 0) is 4.79 Å². The SMILES string of the molecule is N=C(N=C(N)N)SCC(=O)Nc1cccc(Cl)c1. The lowest BCUT2D eigenvalue weighted by atomic mass is 10.3. The van der Waals surface area contributed by atoms with E-state index in [1.807, 2.05) is 0 Å². The lowest BCUT2D eigenvalue weighted by molar-refractivity contribution is -0.113. The molecule has 0 aliphatic heterocycles. The number of rotatable bonds is 3. The van der Waals surface area contributed by atoms with Crippen molar-refractivity contribution in [1.82, 2.24) is 0 Å². The van der Waals surface area contributed by atoms with E-state index in [1.54, 1.807) is 24.3 Å². The molecule has 0 aromatic heterocycles. The summed E-state index contributed by atoms with van der Waals surface area (Å²) in [6.45, 7) is 0. The molecule has 1 amide bonds. The smallest absolute Gasteiger partial charge is 0.234 e. The van der Waals surface area contributed by atoms with Crippen LogP contribution in [0.15, 0.2) is 29.3 Å². The number of benzene rings is 1. The number of hydrogen-bond donors (Lipinski definition) is 4. The topological polar surface area (TPSA) is 117 Å². The third kappa shape index (κ3) is 5.55. The number of nitrogens with zero attached hydrogens (tertiary/aromatic N) is 1. The van der Waals surface area contributed by atoms with Gasteiger partial charge < -0.3 is 16.8 Å². The molecule has 1 rings (SSSR count). The van der Waals surface area contributed by atoms with E-state index in [-0.39, 0.29) is 22.8 Å². The van der Waals surface area contributed by atoms with Gasteiger partial charge in [0.05, 0.1) is 5.75 Å². The van der Waals surface area contributed by atoms with Crippen molar-refractivity contribution in [1.29, 1.82) is 5.41 Å². The van der Waals surface area contributed by atoms with E-state index in [4.69, 9.17) is 28.5 Å². The molecule has 1 aromatic rings. The highest BCUT2D eigenvalue weighted by atomic mass is 35.5. The zero-order valence-corrected chi connectivity index (χ0v) is 10.9. The highest BCUT2D eigenvalue weighted by Crippen LogP contribution is 2.15. The van der Waals surface area contributed by atoms with E-state index < -0.39 is 0 Å². The molecule has 6 nitrogen and oxygen atoms in total. The van der Waals surface area contributed by atoms with Gasteiger partial charge in [0.25, 0.3) is 0 Å². The Labute approximate surface area is 113 Å². The monoisotopic (exact) mass is 285 g/mol. The molecule has 6 N–H and O–H groups in total. The molecule has 8 heteroatoms. The number of carbonyl (C=O) groups is 1. The van der Waals surface area contributed by atoms with Gasteiger partial charge in [-0.25, -0.2) is 0 Å². The third-order valence-corrected chi connectivity index (χ3v) is 2.69. The number of halogens is 1. The number of anilines is 1. The van der Waals surface area contributed by atoms with Crippen molar-refractivity contribution in [2.75, 3.05) is 11.1 Å². The average Bonchev–Trinajstić information content (AvgIpc) is 2.25. The van der Waals surface area contributed by atoms with E-state index in [9.17, 15) is 4.79 Å². The van der Waals surface area contributed by atoms with E-state index >= 15 is 0 Å². The molecule has 0 atom stereocenters. The number of nitrogens with one attached hydrogen (secondary N) is 2. The molecule has 0 aliphatic rings. The molecule has 0 spiro atoms. The molecule has 0 bridgehead atoms. The van der Waals surface area contributed by atoms with Crippen LogP contribution in [-0.4, -0.2) is 22.8 Å². The Kier molecular flexibility index (Phi) is 5.47. The molecular formula is C10H12ClN5OS. The lowest BCUT2D eigenvalue weighted by Crippen LogP contribution is -2.24. The van der Waals surface area contributed by atoms with Crippen molar-refractivity contribution in [2.45, 2.75) is 0 Å². The molecular weight excluding hydrogens is 274 g/mol. The van der Waals surface area contributed by atoms with Crippen LogP contribution in [0.25, 0.3) is 0 Å². The van der Waals surface area contributed by atoms with Gasteiger partial charge in [-0.2, -0.15) is 4.99 Å². The van der Waals surface area contributed by atoms with Crippen LogP contribution in [0.3, 0.4) is 0 Å². The molecule has 0 aliphatic carbocycles. The lowest BCUT2D eigenvalue weighted by Gasteiger charge is -2.04. The fourth-order valence-corrected chi connectivity index (χ4v) is 1.75. The molecule has 0 heterocycles. The molecule has 0 unspecified atom stereocenters. The Morgan fingerprint density at radius 1 is 1.50 bits per heavy atom. The number of thioether (sulfide) groups is 1. The molecule has 0 radical (unpaired) electrons. The number of guanidine groups is 1. The second-order valence-electron chi connectivity index (χ2n) is 3.19. The minimum atomic E-state index is -0.266. The highest BCUT2D eigenvalue weighted by molar-refractivity contribution is 8.14. The number of amides is 1. The van der Waals surface area contributed by atoms with Gasteiger partial charge in [-0.15, -0.1) is 0 Å². The zero-order valence-electron chi connectivity index (χ0n) is 9.31. The van der Waals surface area contributed by atoms with E-state index in [0.29, 0.717) is 10.7 Å². The van der Waals surface area contributed by atoms with Gasteiger partial charge in [-0.1, -0.05) is 29.4 Å². The second kappa shape index (κ2) is 6.87. The standard InChI is InChI=1S/C10H12ClN5OS/c11-6-2-1-3-7(4-6)15-8(17)5-18-10(14)16-9(12)13/h1-4H,5H2,(H,15,17)(H5,12,13,14,16). The summed E-state index contributed by atoms with van der Waals surface area (Å²) in [5, 5.41) is 10.4. The number of aliphatic imine (C=N–C) groups is 1. The van der Waals surface area contributed by atoms with Gasteiger partial charge >= 0.3 is 0 Å². The van der Waals surface area contributed by atoms with Gasteiger partial charge in [0.1, 0.15) is 0 Å². The number of nitrogens with two attached hydrogens (primary N) is 2. The van der Waals surface area contributed by atoms with Crippen LogP contribution >= 0.6 is 23.4 Å². The van der Waals surface area contributed by atoms with E-state index in [2.05, 4.69) is 10.3 Å². The molecule has 18 heavy (non-hydrogen) atoms. The van der Waals surface area contributed by atoms with Crippen LogP contribution in [0.5, 0.6) is 0 Å². The summed E-state index contributed by atoms with van der Waals surface area (Å²) < 4.78 is 0. The minimum Gasteiger partial charge on any atom is -0.370 e. The maximum atomic E-state index is 11.5. The summed E-state index contributed by atoms with van der Waals surface area (Å²) in [6, 6.07) is 6.79. The first kappa shape index (κ1) is 14.3. The maximum absolute atomic E-state index is 11.5. The first-order valence-electron chi connectivity index (χ1n) is 4.84. The second-order valence-corrected chi connectivity index (χ2v) is 4.59. The minimum absolute atomic E-state index is 0.0438. The first-order valence-corrected chi connectivity index (χ1v) is 6.20. The van der Waals surface area contributed by atoms with Gasteiger partial charge in [0.2, 0.25) is 5.91 Å². The summed E-state index contributed by atoms with van der Waals surface area (Å²) in [4.78, 5) is 15.0. The van der Waals surface area contributed by atoms with Gasteiger partial charge in [0, 0.05) is 10.7 Å². The Balaban J connectivity index is 2.43. The normalized spacial score (nSPS) is 9.61. The van der Waals surface area contributed by atoms with Crippen molar-refractivity contribution in [3.8, 4) is 0 Å². The third-order valence-electron chi connectivity index (χ3n) is 1.68. The fraction of sp³-hybridized carbons (Fsp3) is 0.100. The molecule has 1 aromatic carbocycles. The Morgan fingerprint density at radius 3 is 2.83 bits per heavy atom. The molecule has 96 valence electrons. The first-order chi connectivity index (χ1) is 8.47. The van der Waals surface area contributed by atoms with Crippen LogP contribution in [0.2, 0.25) is 5.02 Å². The number of carbonyl (C=O) groups excluding carboxylic acids is 1. The van der Waals surface area contributed by atoms with Gasteiger partial charge in [-0.05, 0) is 18.2 Å². The average molecular weight is 286 g/mol. The van der Waals surface area contributed by atoms with Gasteiger partial charge in [-0.3, -0.25) is 10.2 Å². The van der Waals surface area contributed by atoms with Crippen molar-refractivity contribution < 1.29 is 4.79 Å². The Bertz CT molecular complexity index is 487. The summed E-state index contributed by atoms with van der Waals surface area (Å²) in [7, 11) is 0. The van der Waals surface area contributed by atoms with Crippen LogP contribution in [0.4, 0.5) is 5.69 Å². The molecule has 0 fully saturated rings. The number of amidine groups is 1. The van der Waals surface area contributed by atoms with E-state index in [0.717, 1.165) is 11.8 Å². The van der Waals surface area contributed by atoms with Crippen molar-refractivity contribution >= 4 is 46.1 Å². The summed E-state index contributed by atoms with van der Waals surface area (Å²) in [5.74, 6) is -0.428. The predicted octanol–water partition coefficient (Wildman–Crippen LogP) is 1.22. The van der Waals surface area contributed by atoms with Crippen molar-refractivity contribution in [3.63, 3.8) is 0 Å². The Morgan fingerprint density at radius 2 is 2.22 bits per heavy atom. The summed E-state index contributed by atoms with van der Waals surface area (Å²) in [6.07, 6.45) is 0. The highest BCUT2D eigenvalue weighted by Gasteiger charge is 2.05. The number of hydrogen-bond acceptors (Lipinski definition) is 3. The maximum Gasteiger partial charge on any atom is 0.234 e. The van der Waals surface area contributed by atoms with Crippen LogP contribution < -0.4 is 16.8 Å². The summed E-state index contributed by atoms with van der Waals surface area (Å²) >= 11 is 6.70. The zero-order chi connectivity index (χ0) is 13.5. The predicted molar refractivity (Wildman–Crippen MR) is 76.1 cm³/mol. The molecule has 0 saturated carbocycles. The van der Waals surface area contributed by atoms with Crippen LogP contribution in [0, 0.1) is 5.41 Å². The quantitative estimate of drug-likeness (QED) is 0.493.